The molecule has 2 heterocycles. The number of aromatic nitrogens is 2. The van der Waals surface area contributed by atoms with E-state index in [9.17, 15) is 0 Å². The smallest absolute Gasteiger partial charge is 0.0532 e. The number of hydrogen-bond acceptors (Lipinski definition) is 3. The van der Waals surface area contributed by atoms with Crippen molar-refractivity contribution in [1.29, 1.82) is 0 Å². The lowest BCUT2D eigenvalue weighted by Gasteiger charge is -2.12. The normalized spacial score (nSPS) is 15.2. The highest BCUT2D eigenvalue weighted by Gasteiger charge is 2.20. The van der Waals surface area contributed by atoms with Crippen LogP contribution in [0.3, 0.4) is 0 Å². The number of nitrogen functional groups attached to an aromatic ring is 1. The van der Waals surface area contributed by atoms with Crippen molar-refractivity contribution in [2.45, 2.75) is 19.6 Å². The summed E-state index contributed by atoms with van der Waals surface area (Å²) in [6.07, 6.45) is 3.80. The van der Waals surface area contributed by atoms with Gasteiger partial charge >= 0.3 is 0 Å². The predicted octanol–water partition coefficient (Wildman–Crippen LogP) is 1.51. The Morgan fingerprint density at radius 3 is 3.06 bits per heavy atom. The summed E-state index contributed by atoms with van der Waals surface area (Å²) >= 11 is 0. The van der Waals surface area contributed by atoms with E-state index in [0.29, 0.717) is 0 Å². The second-order valence-electron chi connectivity index (χ2n) is 4.24. The molecule has 0 saturated carbocycles. The highest BCUT2D eigenvalue weighted by Crippen LogP contribution is 2.28. The highest BCUT2D eigenvalue weighted by atomic mass is 15.2. The third-order valence-electron chi connectivity index (χ3n) is 3.05. The predicted molar refractivity (Wildman–Crippen MR) is 62.4 cm³/mol. The maximum absolute atomic E-state index is 5.96. The summed E-state index contributed by atoms with van der Waals surface area (Å²) in [7, 11) is 0. The summed E-state index contributed by atoms with van der Waals surface area (Å²) in [4.78, 5) is 2.37. The van der Waals surface area contributed by atoms with Crippen LogP contribution in [0.1, 0.15) is 16.7 Å². The van der Waals surface area contributed by atoms with Gasteiger partial charge < -0.3 is 5.73 Å². The SMILES string of the molecule is Nc1cccc2c1CN(Cc1cn[nH]c1)C2. The van der Waals surface area contributed by atoms with Gasteiger partial charge in [0.15, 0.2) is 0 Å². The van der Waals surface area contributed by atoms with Gasteiger partial charge in [-0.2, -0.15) is 5.10 Å². The van der Waals surface area contributed by atoms with Gasteiger partial charge in [0.25, 0.3) is 0 Å². The van der Waals surface area contributed by atoms with Gasteiger partial charge in [-0.1, -0.05) is 12.1 Å². The van der Waals surface area contributed by atoms with E-state index >= 15 is 0 Å². The molecule has 1 aliphatic rings. The number of aromatic amines is 1. The molecule has 4 nitrogen and oxygen atoms in total. The van der Waals surface area contributed by atoms with Crippen LogP contribution in [0.5, 0.6) is 0 Å². The number of nitrogens with one attached hydrogen (secondary N) is 1. The molecule has 3 rings (SSSR count). The van der Waals surface area contributed by atoms with Crippen molar-refractivity contribution in [1.82, 2.24) is 15.1 Å². The number of benzene rings is 1. The van der Waals surface area contributed by atoms with Crippen molar-refractivity contribution >= 4 is 5.69 Å². The first kappa shape index (κ1) is 9.42. The molecule has 3 N–H and O–H groups in total. The van der Waals surface area contributed by atoms with Gasteiger partial charge in [0, 0.05) is 37.1 Å². The molecule has 0 bridgehead atoms. The van der Waals surface area contributed by atoms with E-state index in [1.807, 2.05) is 24.5 Å². The minimum Gasteiger partial charge on any atom is -0.398 e. The van der Waals surface area contributed by atoms with Crippen LogP contribution in [0.15, 0.2) is 30.6 Å². The molecule has 0 saturated heterocycles. The zero-order chi connectivity index (χ0) is 11.0. The van der Waals surface area contributed by atoms with Gasteiger partial charge in [-0.25, -0.2) is 0 Å². The molecular weight excluding hydrogens is 200 g/mol. The summed E-state index contributed by atoms with van der Waals surface area (Å²) in [6, 6.07) is 6.15. The number of nitrogens with zero attached hydrogens (tertiary/aromatic N) is 2. The average molecular weight is 214 g/mol. The van der Waals surface area contributed by atoms with Crippen LogP contribution in [0, 0.1) is 0 Å². The van der Waals surface area contributed by atoms with Crippen LogP contribution < -0.4 is 5.73 Å². The van der Waals surface area contributed by atoms with Crippen molar-refractivity contribution in [3.63, 3.8) is 0 Å². The molecule has 1 aromatic carbocycles. The fourth-order valence-corrected chi connectivity index (χ4v) is 2.25. The number of H-pyrrole nitrogens is 1. The van der Waals surface area contributed by atoms with E-state index in [4.69, 9.17) is 5.73 Å². The number of nitrogens with two attached hydrogens (primary N) is 1. The van der Waals surface area contributed by atoms with Crippen molar-refractivity contribution in [3.05, 3.63) is 47.3 Å². The highest BCUT2D eigenvalue weighted by molar-refractivity contribution is 5.52. The number of rotatable bonds is 2. The lowest BCUT2D eigenvalue weighted by atomic mass is 10.1. The monoisotopic (exact) mass is 214 g/mol. The maximum atomic E-state index is 5.96. The standard InChI is InChI=1S/C12H14N4/c13-12-3-1-2-10-7-16(8-11(10)12)6-9-4-14-15-5-9/h1-5H,6-8,13H2,(H,14,15). The van der Waals surface area contributed by atoms with E-state index < -0.39 is 0 Å². The topological polar surface area (TPSA) is 57.9 Å². The van der Waals surface area contributed by atoms with Crippen LogP contribution >= 0.6 is 0 Å². The number of anilines is 1. The Morgan fingerprint density at radius 2 is 2.31 bits per heavy atom. The Labute approximate surface area is 94.1 Å². The van der Waals surface area contributed by atoms with Crippen molar-refractivity contribution in [2.24, 2.45) is 0 Å². The van der Waals surface area contributed by atoms with E-state index in [1.54, 1.807) is 0 Å². The largest absolute Gasteiger partial charge is 0.398 e. The third-order valence-corrected chi connectivity index (χ3v) is 3.05. The third kappa shape index (κ3) is 1.57. The summed E-state index contributed by atoms with van der Waals surface area (Å²) in [6.45, 7) is 2.84. The first-order valence-electron chi connectivity index (χ1n) is 5.39. The number of hydrogen-bond donors (Lipinski definition) is 2. The average Bonchev–Trinajstić information content (AvgIpc) is 2.88. The minimum absolute atomic E-state index is 0.909. The van der Waals surface area contributed by atoms with Gasteiger partial charge in [0.2, 0.25) is 0 Å². The van der Waals surface area contributed by atoms with Crippen molar-refractivity contribution in [3.8, 4) is 0 Å². The summed E-state index contributed by atoms with van der Waals surface area (Å²) < 4.78 is 0. The van der Waals surface area contributed by atoms with E-state index in [0.717, 1.165) is 25.3 Å². The molecule has 0 fully saturated rings. The fraction of sp³-hybridized carbons (Fsp3) is 0.250. The van der Waals surface area contributed by atoms with Crippen LogP contribution in [0.4, 0.5) is 5.69 Å². The molecule has 2 aromatic rings. The molecular formula is C12H14N4. The molecule has 0 aliphatic carbocycles. The Kier molecular flexibility index (Phi) is 2.15. The number of fused-ring (bicyclic) bond motifs is 1. The lowest BCUT2D eigenvalue weighted by Crippen LogP contribution is -2.15. The minimum atomic E-state index is 0.909. The van der Waals surface area contributed by atoms with Gasteiger partial charge in [0.05, 0.1) is 6.20 Å². The Morgan fingerprint density at radius 1 is 1.38 bits per heavy atom. The second kappa shape index (κ2) is 3.64. The Hall–Kier alpha value is -1.81. The lowest BCUT2D eigenvalue weighted by molar-refractivity contribution is 0.276. The Balaban J connectivity index is 1.78. The quantitative estimate of drug-likeness (QED) is 0.745. The zero-order valence-corrected chi connectivity index (χ0v) is 8.98. The fourth-order valence-electron chi connectivity index (χ4n) is 2.25. The second-order valence-corrected chi connectivity index (χ2v) is 4.24. The Bertz CT molecular complexity index is 490. The molecule has 82 valence electrons. The molecule has 0 amide bonds. The molecule has 0 unspecified atom stereocenters. The first-order chi connectivity index (χ1) is 7.83. The van der Waals surface area contributed by atoms with Gasteiger partial charge in [-0.3, -0.25) is 10.00 Å². The van der Waals surface area contributed by atoms with Crippen molar-refractivity contribution < 1.29 is 0 Å². The molecule has 1 aliphatic heterocycles. The molecule has 1 aromatic heterocycles. The van der Waals surface area contributed by atoms with E-state index in [2.05, 4.69) is 21.2 Å². The summed E-state index contributed by atoms with van der Waals surface area (Å²) in [5, 5.41) is 6.79. The first-order valence-corrected chi connectivity index (χ1v) is 5.39. The zero-order valence-electron chi connectivity index (χ0n) is 8.98. The van der Waals surface area contributed by atoms with E-state index in [-0.39, 0.29) is 0 Å². The molecule has 0 spiro atoms. The van der Waals surface area contributed by atoms with Crippen LogP contribution in [-0.2, 0) is 19.6 Å². The van der Waals surface area contributed by atoms with Gasteiger partial charge in [0.1, 0.15) is 0 Å². The molecule has 4 heteroatoms. The molecule has 0 radical (unpaired) electrons. The van der Waals surface area contributed by atoms with Crippen LogP contribution in [0.25, 0.3) is 0 Å². The molecule has 0 atom stereocenters. The van der Waals surface area contributed by atoms with Gasteiger partial charge in [-0.05, 0) is 17.2 Å². The van der Waals surface area contributed by atoms with E-state index in [1.165, 1.54) is 16.7 Å². The van der Waals surface area contributed by atoms with Crippen molar-refractivity contribution in [2.75, 3.05) is 5.73 Å². The molecule has 16 heavy (non-hydrogen) atoms. The summed E-state index contributed by atoms with van der Waals surface area (Å²) in [5.74, 6) is 0. The van der Waals surface area contributed by atoms with Crippen LogP contribution in [-0.4, -0.2) is 15.1 Å². The summed E-state index contributed by atoms with van der Waals surface area (Å²) in [5.41, 5.74) is 10.7. The van der Waals surface area contributed by atoms with Gasteiger partial charge in [-0.15, -0.1) is 0 Å². The maximum Gasteiger partial charge on any atom is 0.0532 e. The van der Waals surface area contributed by atoms with Crippen LogP contribution in [0.2, 0.25) is 0 Å².